The zero-order chi connectivity index (χ0) is 13.8. The van der Waals surface area contributed by atoms with Crippen LogP contribution in [0.3, 0.4) is 0 Å². The second kappa shape index (κ2) is 6.02. The maximum Gasteiger partial charge on any atom is 0.422 e. The number of amides is 1. The molecule has 0 atom stereocenters. The Morgan fingerprint density at radius 3 is 2.67 bits per heavy atom. The molecule has 0 spiro atoms. The van der Waals surface area contributed by atoms with E-state index in [1.54, 1.807) is 32.9 Å². The summed E-state index contributed by atoms with van der Waals surface area (Å²) in [5.74, 6) is -0.430. The molecule has 0 aliphatic carbocycles. The average molecular weight is 275 g/mol. The van der Waals surface area contributed by atoms with Gasteiger partial charge in [-0.25, -0.2) is 14.6 Å². The highest BCUT2D eigenvalue weighted by Crippen LogP contribution is 2.14. The molecule has 0 saturated heterocycles. The van der Waals surface area contributed by atoms with E-state index < -0.39 is 17.5 Å². The number of benzene rings is 1. The molecule has 1 aromatic carbocycles. The van der Waals surface area contributed by atoms with Gasteiger partial charge in [-0.1, -0.05) is 17.7 Å². The van der Waals surface area contributed by atoms with Gasteiger partial charge in [0, 0.05) is 17.1 Å². The largest absolute Gasteiger partial charge is 0.443 e. The highest BCUT2D eigenvalue weighted by atomic mass is 35.5. The first kappa shape index (κ1) is 14.7. The van der Waals surface area contributed by atoms with Crippen LogP contribution in [0.4, 0.5) is 9.18 Å². The number of nitrogens with one attached hydrogen (secondary N) is 2. The van der Waals surface area contributed by atoms with Crippen molar-refractivity contribution in [3.8, 4) is 0 Å². The van der Waals surface area contributed by atoms with Crippen LogP contribution in [0.5, 0.6) is 0 Å². The van der Waals surface area contributed by atoms with E-state index in [2.05, 4.69) is 10.9 Å². The normalized spacial score (nSPS) is 11.2. The molecule has 1 rings (SSSR count). The lowest BCUT2D eigenvalue weighted by molar-refractivity contribution is 0.0496. The number of hydrogen-bond acceptors (Lipinski definition) is 3. The molecule has 2 N–H and O–H groups in total. The lowest BCUT2D eigenvalue weighted by Gasteiger charge is -2.19. The Balaban J connectivity index is 2.40. The van der Waals surface area contributed by atoms with Gasteiger partial charge in [-0.3, -0.25) is 5.43 Å². The van der Waals surface area contributed by atoms with E-state index in [9.17, 15) is 9.18 Å². The fraction of sp³-hybridized carbons (Fsp3) is 0.417. The van der Waals surface area contributed by atoms with Crippen LogP contribution in [-0.4, -0.2) is 11.7 Å². The highest BCUT2D eigenvalue weighted by molar-refractivity contribution is 6.30. The zero-order valence-electron chi connectivity index (χ0n) is 10.5. The lowest BCUT2D eigenvalue weighted by atomic mass is 10.2. The van der Waals surface area contributed by atoms with Crippen molar-refractivity contribution in [3.63, 3.8) is 0 Å². The fourth-order valence-corrected chi connectivity index (χ4v) is 1.34. The number of hydrogen-bond donors (Lipinski definition) is 2. The molecular formula is C12H16ClFN2O2. The Hall–Kier alpha value is -1.33. The van der Waals surface area contributed by atoms with Crippen LogP contribution in [-0.2, 0) is 11.3 Å². The van der Waals surface area contributed by atoms with Gasteiger partial charge in [0.2, 0.25) is 0 Å². The summed E-state index contributed by atoms with van der Waals surface area (Å²) in [5, 5.41) is 0.330. The van der Waals surface area contributed by atoms with Gasteiger partial charge in [-0.05, 0) is 32.9 Å². The highest BCUT2D eigenvalue weighted by Gasteiger charge is 2.15. The summed E-state index contributed by atoms with van der Waals surface area (Å²) in [7, 11) is 0. The average Bonchev–Trinajstić information content (AvgIpc) is 2.18. The van der Waals surface area contributed by atoms with Gasteiger partial charge in [-0.2, -0.15) is 0 Å². The van der Waals surface area contributed by atoms with Crippen molar-refractivity contribution in [2.75, 3.05) is 0 Å². The third-order valence-corrected chi connectivity index (χ3v) is 2.12. The van der Waals surface area contributed by atoms with Crippen molar-refractivity contribution < 1.29 is 13.9 Å². The first-order valence-electron chi connectivity index (χ1n) is 5.44. The monoisotopic (exact) mass is 274 g/mol. The van der Waals surface area contributed by atoms with E-state index in [1.807, 2.05) is 0 Å². The van der Waals surface area contributed by atoms with E-state index in [4.69, 9.17) is 16.3 Å². The number of ether oxygens (including phenoxy) is 1. The van der Waals surface area contributed by atoms with Crippen molar-refractivity contribution in [3.05, 3.63) is 34.6 Å². The van der Waals surface area contributed by atoms with Crippen LogP contribution in [0.1, 0.15) is 26.3 Å². The molecule has 1 amide bonds. The predicted octanol–water partition coefficient (Wildman–Crippen LogP) is 3.01. The summed E-state index contributed by atoms with van der Waals surface area (Å²) in [4.78, 5) is 11.3. The summed E-state index contributed by atoms with van der Waals surface area (Å²) in [6, 6.07) is 4.34. The van der Waals surface area contributed by atoms with Gasteiger partial charge < -0.3 is 4.74 Å². The van der Waals surface area contributed by atoms with Crippen LogP contribution >= 0.6 is 11.6 Å². The zero-order valence-corrected chi connectivity index (χ0v) is 11.3. The molecule has 0 bridgehead atoms. The van der Waals surface area contributed by atoms with Crippen molar-refractivity contribution in [2.45, 2.75) is 32.9 Å². The topological polar surface area (TPSA) is 50.4 Å². The molecule has 1 aromatic rings. The number of carbonyl (C=O) groups excluding carboxylic acids is 1. The van der Waals surface area contributed by atoms with Crippen LogP contribution in [0.15, 0.2) is 18.2 Å². The smallest absolute Gasteiger partial charge is 0.422 e. The Bertz CT molecular complexity index is 433. The molecule has 0 heterocycles. The summed E-state index contributed by atoms with van der Waals surface area (Å²) in [5.41, 5.74) is 4.72. The van der Waals surface area contributed by atoms with Gasteiger partial charge in [0.25, 0.3) is 0 Å². The van der Waals surface area contributed by atoms with Gasteiger partial charge in [-0.15, -0.1) is 0 Å². The maximum absolute atomic E-state index is 13.4. The molecule has 4 nitrogen and oxygen atoms in total. The van der Waals surface area contributed by atoms with E-state index in [1.165, 1.54) is 6.07 Å². The number of carbonyl (C=O) groups is 1. The van der Waals surface area contributed by atoms with E-state index in [0.717, 1.165) is 0 Å². The number of rotatable bonds is 3. The van der Waals surface area contributed by atoms with E-state index >= 15 is 0 Å². The van der Waals surface area contributed by atoms with Crippen LogP contribution < -0.4 is 10.9 Å². The predicted molar refractivity (Wildman–Crippen MR) is 67.6 cm³/mol. The minimum Gasteiger partial charge on any atom is -0.443 e. The van der Waals surface area contributed by atoms with Crippen molar-refractivity contribution >= 4 is 17.7 Å². The minimum absolute atomic E-state index is 0.141. The van der Waals surface area contributed by atoms with E-state index in [0.29, 0.717) is 10.6 Å². The fourth-order valence-electron chi connectivity index (χ4n) is 1.18. The first-order valence-corrected chi connectivity index (χ1v) is 5.81. The van der Waals surface area contributed by atoms with Gasteiger partial charge in [0.05, 0.1) is 0 Å². The standard InChI is InChI=1S/C12H16ClFN2O2/c1-12(2,3)18-11(17)16-15-7-8-4-5-9(13)6-10(8)14/h4-6,15H,7H2,1-3H3,(H,16,17). The molecule has 18 heavy (non-hydrogen) atoms. The van der Waals surface area contributed by atoms with Crippen LogP contribution in [0.25, 0.3) is 0 Å². The number of hydrazine groups is 1. The second-order valence-corrected chi connectivity index (χ2v) is 5.15. The Morgan fingerprint density at radius 1 is 1.44 bits per heavy atom. The van der Waals surface area contributed by atoms with Gasteiger partial charge in [0.1, 0.15) is 11.4 Å². The Kier molecular flexibility index (Phi) is 4.93. The molecule has 0 aliphatic rings. The third kappa shape index (κ3) is 5.33. The molecule has 0 fully saturated rings. The summed E-state index contributed by atoms with van der Waals surface area (Å²) < 4.78 is 18.4. The SMILES string of the molecule is CC(C)(C)OC(=O)NNCc1ccc(Cl)cc1F. The van der Waals surface area contributed by atoms with Crippen LogP contribution in [0.2, 0.25) is 5.02 Å². The summed E-state index contributed by atoms with van der Waals surface area (Å²) in [6.45, 7) is 5.41. The van der Waals surface area contributed by atoms with E-state index in [-0.39, 0.29) is 6.54 Å². The van der Waals surface area contributed by atoms with Crippen molar-refractivity contribution in [1.82, 2.24) is 10.9 Å². The third-order valence-electron chi connectivity index (χ3n) is 1.88. The first-order chi connectivity index (χ1) is 8.28. The summed E-state index contributed by atoms with van der Waals surface area (Å²) in [6.07, 6.45) is -0.614. The molecule has 0 aliphatic heterocycles. The molecule has 6 heteroatoms. The van der Waals surface area contributed by atoms with Crippen molar-refractivity contribution in [1.29, 1.82) is 0 Å². The van der Waals surface area contributed by atoms with Gasteiger partial charge >= 0.3 is 6.09 Å². The number of halogens is 2. The molecular weight excluding hydrogens is 259 g/mol. The molecule has 0 unspecified atom stereocenters. The Labute approximate surface area is 110 Å². The second-order valence-electron chi connectivity index (χ2n) is 4.72. The maximum atomic E-state index is 13.4. The molecule has 0 aromatic heterocycles. The Morgan fingerprint density at radius 2 is 2.11 bits per heavy atom. The van der Waals surface area contributed by atoms with Crippen LogP contribution in [0, 0.1) is 5.82 Å². The molecule has 0 radical (unpaired) electrons. The molecule has 0 saturated carbocycles. The minimum atomic E-state index is -0.614. The van der Waals surface area contributed by atoms with Crippen molar-refractivity contribution in [2.24, 2.45) is 0 Å². The summed E-state index contributed by atoms with van der Waals surface area (Å²) >= 11 is 5.62. The quantitative estimate of drug-likeness (QED) is 0.833. The lowest BCUT2D eigenvalue weighted by Crippen LogP contribution is -2.40. The van der Waals surface area contributed by atoms with Gasteiger partial charge in [0.15, 0.2) is 0 Å². The molecule has 100 valence electrons.